The smallest absolute Gasteiger partial charge is 0.307 e. The number of carbonyl (C=O) groups is 1. The Morgan fingerprint density at radius 1 is 1.09 bits per heavy atom. The average Bonchev–Trinajstić information content (AvgIpc) is 2.95. The van der Waals surface area contributed by atoms with Crippen LogP contribution in [-0.4, -0.2) is 39.9 Å². The van der Waals surface area contributed by atoms with Gasteiger partial charge in [0.05, 0.1) is 43.3 Å². The lowest BCUT2D eigenvalue weighted by atomic mass is 9.87. The van der Waals surface area contributed by atoms with Crippen molar-refractivity contribution in [2.45, 2.75) is 52.7 Å². The Morgan fingerprint density at radius 2 is 1.91 bits per heavy atom. The van der Waals surface area contributed by atoms with Crippen LogP contribution in [0.15, 0.2) is 65.6 Å². The Bertz CT molecular complexity index is 1970. The first-order valence-electron chi connectivity index (χ1n) is 14.3. The number of nitrogens with zero attached hydrogens (tertiary/aromatic N) is 2. The van der Waals surface area contributed by atoms with Gasteiger partial charge in [-0.3, -0.25) is 14.6 Å². The molecule has 0 fully saturated rings. The number of hydrogen-bond donors (Lipinski definition) is 1. The Kier molecular flexibility index (Phi) is 7.08. The van der Waals surface area contributed by atoms with Crippen molar-refractivity contribution in [2.24, 2.45) is 0 Å². The fourth-order valence-electron chi connectivity index (χ4n) is 5.99. The van der Waals surface area contributed by atoms with Crippen molar-refractivity contribution < 1.29 is 24.1 Å². The number of hydrogen-bond acceptors (Lipinski definition) is 6. The summed E-state index contributed by atoms with van der Waals surface area (Å²) < 4.78 is 19.8. The van der Waals surface area contributed by atoms with Gasteiger partial charge in [0.2, 0.25) is 0 Å². The zero-order valence-electron chi connectivity index (χ0n) is 25.0. The van der Waals surface area contributed by atoms with Gasteiger partial charge >= 0.3 is 5.97 Å². The number of benzene rings is 3. The van der Waals surface area contributed by atoms with Crippen molar-refractivity contribution in [3.05, 3.63) is 93.4 Å². The summed E-state index contributed by atoms with van der Waals surface area (Å²) in [5, 5.41) is 11.7. The van der Waals surface area contributed by atoms with Crippen molar-refractivity contribution >= 4 is 27.8 Å². The number of aromatic nitrogens is 2. The van der Waals surface area contributed by atoms with E-state index in [0.29, 0.717) is 58.1 Å². The van der Waals surface area contributed by atoms with Crippen LogP contribution >= 0.6 is 0 Å². The van der Waals surface area contributed by atoms with Crippen LogP contribution in [0.5, 0.6) is 17.2 Å². The fraction of sp³-hybridized carbons (Fsp3) is 0.286. The second-order valence-corrected chi connectivity index (χ2v) is 11.9. The third kappa shape index (κ3) is 5.29. The third-order valence-corrected chi connectivity index (χ3v) is 7.75. The van der Waals surface area contributed by atoms with E-state index in [1.165, 1.54) is 6.07 Å². The van der Waals surface area contributed by atoms with Gasteiger partial charge in [0.15, 0.2) is 0 Å². The van der Waals surface area contributed by atoms with Gasteiger partial charge in [-0.05, 0) is 80.3 Å². The molecule has 220 valence electrons. The molecule has 3 aromatic carbocycles. The molecular weight excluding hydrogens is 544 g/mol. The van der Waals surface area contributed by atoms with Crippen LogP contribution in [0.3, 0.4) is 0 Å². The van der Waals surface area contributed by atoms with E-state index in [-0.39, 0.29) is 12.0 Å². The second-order valence-electron chi connectivity index (χ2n) is 11.9. The zero-order valence-corrected chi connectivity index (χ0v) is 25.0. The largest absolute Gasteiger partial charge is 0.497 e. The number of pyridine rings is 2. The van der Waals surface area contributed by atoms with Gasteiger partial charge in [-0.2, -0.15) is 0 Å². The highest BCUT2D eigenvalue weighted by molar-refractivity contribution is 6.10. The molecule has 0 bridgehead atoms. The number of ether oxygens (including phenoxy) is 3. The molecule has 8 nitrogen and oxygen atoms in total. The summed E-state index contributed by atoms with van der Waals surface area (Å²) in [6.07, 6.45) is 2.31. The predicted molar refractivity (Wildman–Crippen MR) is 167 cm³/mol. The SMILES string of the molecule is COc1cccc(Cn2c(=O)ccc3c(-c4c(OC(C)(C)C)cc5c6c(ccnc46)CCO5)c(CC(=O)O)c(C)cc32)c1. The minimum atomic E-state index is -0.953. The van der Waals surface area contributed by atoms with Crippen LogP contribution in [0.2, 0.25) is 0 Å². The summed E-state index contributed by atoms with van der Waals surface area (Å²) in [5.41, 5.74) is 5.44. The van der Waals surface area contributed by atoms with Gasteiger partial charge in [-0.15, -0.1) is 0 Å². The Hall–Kier alpha value is -4.85. The van der Waals surface area contributed by atoms with E-state index >= 15 is 0 Å². The van der Waals surface area contributed by atoms with E-state index in [2.05, 4.69) is 0 Å². The molecule has 0 spiro atoms. The number of fused-ring (bicyclic) bond motifs is 1. The summed E-state index contributed by atoms with van der Waals surface area (Å²) in [7, 11) is 1.61. The molecule has 3 heterocycles. The highest BCUT2D eigenvalue weighted by atomic mass is 16.5. The van der Waals surface area contributed by atoms with E-state index < -0.39 is 11.6 Å². The summed E-state index contributed by atoms with van der Waals surface area (Å²) >= 11 is 0. The predicted octanol–water partition coefficient (Wildman–Crippen LogP) is 6.32. The highest BCUT2D eigenvalue weighted by Gasteiger charge is 2.28. The molecule has 0 aliphatic carbocycles. The average molecular weight is 579 g/mol. The number of aliphatic carboxylic acids is 1. The van der Waals surface area contributed by atoms with Crippen LogP contribution in [0.4, 0.5) is 0 Å². The van der Waals surface area contributed by atoms with Crippen LogP contribution in [0.25, 0.3) is 32.9 Å². The van der Waals surface area contributed by atoms with Gasteiger partial charge < -0.3 is 23.9 Å². The van der Waals surface area contributed by atoms with Gasteiger partial charge in [0.25, 0.3) is 5.56 Å². The first-order chi connectivity index (χ1) is 20.5. The molecule has 0 saturated heterocycles. The number of carboxylic acids is 1. The molecule has 0 unspecified atom stereocenters. The Balaban J connectivity index is 1.73. The van der Waals surface area contributed by atoms with Crippen LogP contribution in [-0.2, 0) is 24.2 Å². The zero-order chi connectivity index (χ0) is 30.5. The van der Waals surface area contributed by atoms with Gasteiger partial charge in [0, 0.05) is 41.1 Å². The minimum Gasteiger partial charge on any atom is -0.497 e. The highest BCUT2D eigenvalue weighted by Crippen LogP contribution is 2.48. The van der Waals surface area contributed by atoms with E-state index in [0.717, 1.165) is 33.9 Å². The number of aryl methyl sites for hydroxylation is 1. The summed E-state index contributed by atoms with van der Waals surface area (Å²) in [4.78, 5) is 30.5. The molecule has 6 rings (SSSR count). The fourth-order valence-corrected chi connectivity index (χ4v) is 5.99. The first kappa shape index (κ1) is 28.3. The van der Waals surface area contributed by atoms with E-state index in [4.69, 9.17) is 19.2 Å². The molecule has 8 heteroatoms. The number of rotatable bonds is 7. The number of carboxylic acid groups (broad SMARTS) is 1. The van der Waals surface area contributed by atoms with Crippen molar-refractivity contribution in [1.82, 2.24) is 9.55 Å². The molecule has 5 aromatic rings. The Morgan fingerprint density at radius 3 is 2.65 bits per heavy atom. The second kappa shape index (κ2) is 10.8. The van der Waals surface area contributed by atoms with Gasteiger partial charge in [-0.1, -0.05) is 12.1 Å². The van der Waals surface area contributed by atoms with Gasteiger partial charge in [0.1, 0.15) is 22.8 Å². The maximum atomic E-state index is 13.4. The van der Waals surface area contributed by atoms with Crippen LogP contribution < -0.4 is 19.8 Å². The molecule has 1 aliphatic rings. The molecule has 0 saturated carbocycles. The minimum absolute atomic E-state index is 0.166. The molecule has 0 atom stereocenters. The molecule has 43 heavy (non-hydrogen) atoms. The van der Waals surface area contributed by atoms with Crippen LogP contribution in [0.1, 0.15) is 43.0 Å². The topological polar surface area (TPSA) is 99.9 Å². The summed E-state index contributed by atoms with van der Waals surface area (Å²) in [6.45, 7) is 8.65. The maximum absolute atomic E-state index is 13.4. The molecule has 1 aliphatic heterocycles. The lowest BCUT2D eigenvalue weighted by Crippen LogP contribution is -2.24. The van der Waals surface area contributed by atoms with E-state index in [1.807, 2.05) is 70.2 Å². The van der Waals surface area contributed by atoms with Crippen molar-refractivity contribution in [2.75, 3.05) is 13.7 Å². The maximum Gasteiger partial charge on any atom is 0.307 e. The van der Waals surface area contributed by atoms with Crippen molar-refractivity contribution in [3.8, 4) is 28.4 Å². The summed E-state index contributed by atoms with van der Waals surface area (Å²) in [5.74, 6) is 0.989. The van der Waals surface area contributed by atoms with Crippen molar-refractivity contribution in [1.29, 1.82) is 0 Å². The van der Waals surface area contributed by atoms with E-state index in [9.17, 15) is 14.7 Å². The number of methoxy groups -OCH3 is 1. The lowest BCUT2D eigenvalue weighted by molar-refractivity contribution is -0.136. The molecular formula is C35H34N2O6. The van der Waals surface area contributed by atoms with E-state index in [1.54, 1.807) is 23.9 Å². The molecule has 0 amide bonds. The summed E-state index contributed by atoms with van der Waals surface area (Å²) in [6, 6.07) is 16.7. The van der Waals surface area contributed by atoms with Crippen LogP contribution in [0, 0.1) is 6.92 Å². The standard InChI is InChI=1S/C35H34N2O6/c1-20-15-26-24(9-10-29(38)37(26)19-21-7-6-8-23(16-21)41-5)32(25(20)17-30(39)40)33-28(43-35(2,3)4)18-27-31-22(12-14-42-27)11-13-36-34(31)33/h6-11,13,15-16,18H,12,14,17,19H2,1-5H3,(H,39,40). The lowest BCUT2D eigenvalue weighted by Gasteiger charge is -2.28. The van der Waals surface area contributed by atoms with Crippen molar-refractivity contribution in [3.63, 3.8) is 0 Å². The normalized spacial score (nSPS) is 12.8. The molecule has 2 aromatic heterocycles. The monoisotopic (exact) mass is 578 g/mol. The Labute approximate surface area is 249 Å². The quantitative estimate of drug-likeness (QED) is 0.241. The molecule has 0 radical (unpaired) electrons. The van der Waals surface area contributed by atoms with Gasteiger partial charge in [-0.25, -0.2) is 0 Å². The molecule has 1 N–H and O–H groups in total. The third-order valence-electron chi connectivity index (χ3n) is 7.75. The first-order valence-corrected chi connectivity index (χ1v) is 14.3.